The number of alkyl halides is 3. The van der Waals surface area contributed by atoms with Gasteiger partial charge in [-0.25, -0.2) is 4.79 Å². The predicted octanol–water partition coefficient (Wildman–Crippen LogP) is 3.72. The number of halogens is 3. The Balaban J connectivity index is 2.10. The van der Waals surface area contributed by atoms with Crippen LogP contribution in [0, 0.1) is 0 Å². The molecule has 1 heterocycles. The average Bonchev–Trinajstić information content (AvgIpc) is 3.01. The second-order valence-corrected chi connectivity index (χ2v) is 5.91. The zero-order valence-electron chi connectivity index (χ0n) is 14.5. The summed E-state index contributed by atoms with van der Waals surface area (Å²) >= 11 is 0. The summed E-state index contributed by atoms with van der Waals surface area (Å²) in [5.41, 5.74) is 0.283. The number of ether oxygens (including phenoxy) is 2. The molecule has 0 saturated carbocycles. The zero-order valence-corrected chi connectivity index (χ0v) is 14.5. The number of nitrogens with zero attached hydrogens (tertiary/aromatic N) is 1. The van der Waals surface area contributed by atoms with Crippen LogP contribution in [0.15, 0.2) is 36.4 Å². The fraction of sp³-hybridized carbons (Fsp3) is 0.278. The number of benzene rings is 2. The quantitative estimate of drug-likeness (QED) is 0.821. The third-order valence-corrected chi connectivity index (χ3v) is 4.29. The molecule has 0 spiro atoms. The van der Waals surface area contributed by atoms with E-state index in [-0.39, 0.29) is 29.2 Å². The van der Waals surface area contributed by atoms with Crippen molar-refractivity contribution in [3.05, 3.63) is 47.5 Å². The van der Waals surface area contributed by atoms with Gasteiger partial charge in [0.2, 0.25) is 0 Å². The summed E-state index contributed by atoms with van der Waals surface area (Å²) in [6.07, 6.45) is -6.71. The van der Waals surface area contributed by atoms with E-state index in [0.29, 0.717) is 11.3 Å². The van der Waals surface area contributed by atoms with Crippen LogP contribution in [0.2, 0.25) is 0 Å². The first-order valence-corrected chi connectivity index (χ1v) is 7.93. The first-order chi connectivity index (χ1) is 12.8. The number of hydrogen-bond acceptors (Lipinski definition) is 5. The number of nitrogens with one attached hydrogen (secondary N) is 1. The van der Waals surface area contributed by atoms with E-state index in [1.807, 2.05) is 0 Å². The highest BCUT2D eigenvalue weighted by atomic mass is 19.4. The van der Waals surface area contributed by atoms with Gasteiger partial charge in [0.25, 0.3) is 0 Å². The van der Waals surface area contributed by atoms with Crippen LogP contribution in [-0.4, -0.2) is 37.6 Å². The van der Waals surface area contributed by atoms with Crippen molar-refractivity contribution >= 4 is 17.3 Å². The molecule has 27 heavy (non-hydrogen) atoms. The number of carboxylic acid groups (broad SMARTS) is 1. The van der Waals surface area contributed by atoms with Crippen LogP contribution in [0.3, 0.4) is 0 Å². The van der Waals surface area contributed by atoms with Gasteiger partial charge in [-0.15, -0.1) is 0 Å². The van der Waals surface area contributed by atoms with Gasteiger partial charge in [-0.3, -0.25) is 0 Å². The molecule has 1 atom stereocenters. The summed E-state index contributed by atoms with van der Waals surface area (Å²) in [5.74, 6) is -0.612. The topological polar surface area (TPSA) is 71.0 Å². The van der Waals surface area contributed by atoms with Gasteiger partial charge in [0, 0.05) is 6.54 Å². The monoisotopic (exact) mass is 382 g/mol. The molecule has 2 aromatic rings. The van der Waals surface area contributed by atoms with Gasteiger partial charge >= 0.3 is 12.1 Å². The van der Waals surface area contributed by atoms with Crippen LogP contribution in [-0.2, 0) is 6.54 Å². The summed E-state index contributed by atoms with van der Waals surface area (Å²) in [4.78, 5) is 12.6. The van der Waals surface area contributed by atoms with Crippen LogP contribution in [0.25, 0.3) is 0 Å². The Hall–Kier alpha value is -3.10. The highest BCUT2D eigenvalue weighted by molar-refractivity contribution is 6.01. The van der Waals surface area contributed by atoms with Gasteiger partial charge in [-0.1, -0.05) is 12.1 Å². The van der Waals surface area contributed by atoms with Gasteiger partial charge in [0.05, 0.1) is 25.5 Å². The maximum Gasteiger partial charge on any atom is 0.427 e. The number of carboxylic acids is 1. The molecule has 0 fully saturated rings. The second kappa shape index (κ2) is 6.90. The van der Waals surface area contributed by atoms with Crippen molar-refractivity contribution in [3.63, 3.8) is 0 Å². The lowest BCUT2D eigenvalue weighted by Crippen LogP contribution is -2.47. The van der Waals surface area contributed by atoms with Gasteiger partial charge < -0.3 is 24.8 Å². The minimum Gasteiger partial charge on any atom is -0.497 e. The second-order valence-electron chi connectivity index (χ2n) is 5.91. The van der Waals surface area contributed by atoms with Gasteiger partial charge in [0.1, 0.15) is 17.2 Å². The first kappa shape index (κ1) is 18.7. The number of fused-ring (bicyclic) bond motifs is 1. The minimum absolute atomic E-state index is 0.00763. The number of carbonyl (C=O) groups is 1. The molecular formula is C18H17F3N2O4. The van der Waals surface area contributed by atoms with E-state index in [0.717, 1.165) is 4.90 Å². The molecule has 2 aromatic carbocycles. The lowest BCUT2D eigenvalue weighted by molar-refractivity contribution is -0.141. The third kappa shape index (κ3) is 3.44. The van der Waals surface area contributed by atoms with Gasteiger partial charge in [-0.2, -0.15) is 13.2 Å². The zero-order chi connectivity index (χ0) is 19.8. The van der Waals surface area contributed by atoms with Crippen LogP contribution >= 0.6 is 0 Å². The van der Waals surface area contributed by atoms with Crippen molar-refractivity contribution in [2.45, 2.75) is 18.9 Å². The van der Waals surface area contributed by atoms with Crippen LogP contribution in [0.1, 0.15) is 15.9 Å². The Labute approximate surface area is 153 Å². The molecule has 0 radical (unpaired) electrons. The molecule has 0 aliphatic carbocycles. The summed E-state index contributed by atoms with van der Waals surface area (Å²) in [6, 6.07) is 9.09. The molecule has 2 N–H and O–H groups in total. The summed E-state index contributed by atoms with van der Waals surface area (Å²) < 4.78 is 51.1. The fourth-order valence-corrected chi connectivity index (χ4v) is 3.05. The lowest BCUT2D eigenvalue weighted by atomic mass is 10.1. The smallest absolute Gasteiger partial charge is 0.427 e. The van der Waals surface area contributed by atoms with E-state index in [2.05, 4.69) is 5.32 Å². The minimum atomic E-state index is -4.63. The Bertz CT molecular complexity index is 853. The highest BCUT2D eigenvalue weighted by Crippen LogP contribution is 2.48. The molecule has 0 aromatic heterocycles. The van der Waals surface area contributed by atoms with E-state index in [4.69, 9.17) is 9.47 Å². The van der Waals surface area contributed by atoms with E-state index >= 15 is 0 Å². The maximum atomic E-state index is 13.7. The largest absolute Gasteiger partial charge is 0.497 e. The molecule has 0 bridgehead atoms. The van der Waals surface area contributed by atoms with Crippen molar-refractivity contribution in [1.82, 2.24) is 0 Å². The molecule has 1 unspecified atom stereocenters. The number of anilines is 2. The van der Waals surface area contributed by atoms with E-state index in [9.17, 15) is 23.1 Å². The summed E-state index contributed by atoms with van der Waals surface area (Å²) in [6.45, 7) is -0.151. The van der Waals surface area contributed by atoms with Gasteiger partial charge in [-0.05, 0) is 29.8 Å². The molecule has 1 aliphatic heterocycles. The van der Waals surface area contributed by atoms with E-state index in [1.54, 1.807) is 24.3 Å². The van der Waals surface area contributed by atoms with Crippen molar-refractivity contribution in [1.29, 1.82) is 0 Å². The summed E-state index contributed by atoms with van der Waals surface area (Å²) in [7, 11) is 2.80. The van der Waals surface area contributed by atoms with E-state index in [1.165, 1.54) is 26.4 Å². The number of hydrogen-bond donors (Lipinski definition) is 2. The normalized spacial score (nSPS) is 15.9. The Kier molecular flexibility index (Phi) is 4.77. The lowest BCUT2D eigenvalue weighted by Gasteiger charge is -2.29. The fourth-order valence-electron chi connectivity index (χ4n) is 3.05. The molecule has 9 heteroatoms. The average molecular weight is 382 g/mol. The molecule has 6 nitrogen and oxygen atoms in total. The first-order valence-electron chi connectivity index (χ1n) is 7.93. The Morgan fingerprint density at radius 2 is 1.81 bits per heavy atom. The third-order valence-electron chi connectivity index (χ3n) is 4.29. The molecular weight excluding hydrogens is 365 g/mol. The molecule has 0 saturated heterocycles. The van der Waals surface area contributed by atoms with Crippen LogP contribution in [0.4, 0.5) is 24.5 Å². The van der Waals surface area contributed by atoms with Crippen molar-refractivity contribution in [2.24, 2.45) is 0 Å². The van der Waals surface area contributed by atoms with Crippen LogP contribution < -0.4 is 19.7 Å². The number of aromatic carboxylic acids is 1. The maximum absolute atomic E-state index is 13.7. The number of methoxy groups -OCH3 is 2. The Morgan fingerprint density at radius 3 is 2.33 bits per heavy atom. The highest BCUT2D eigenvalue weighted by Gasteiger charge is 2.50. The van der Waals surface area contributed by atoms with E-state index < -0.39 is 18.3 Å². The Morgan fingerprint density at radius 1 is 1.15 bits per heavy atom. The molecule has 144 valence electrons. The van der Waals surface area contributed by atoms with Crippen molar-refractivity contribution in [2.75, 3.05) is 24.4 Å². The predicted molar refractivity (Wildman–Crippen MR) is 92.6 cm³/mol. The van der Waals surface area contributed by atoms with Crippen molar-refractivity contribution in [3.8, 4) is 11.5 Å². The number of rotatable bonds is 5. The molecule has 0 amide bonds. The molecule has 3 rings (SSSR count). The van der Waals surface area contributed by atoms with Crippen LogP contribution in [0.5, 0.6) is 11.5 Å². The molecule has 1 aliphatic rings. The van der Waals surface area contributed by atoms with Crippen molar-refractivity contribution < 1.29 is 32.5 Å². The standard InChI is InChI=1S/C18H17F3N2O4/c1-26-11-5-3-10(4-6-11)9-23-15-12(16(24)25)7-8-13(27-2)14(15)22-17(23)18(19,20)21/h3-8,17,22H,9H2,1-2H3,(H,24,25). The van der Waals surface area contributed by atoms with Gasteiger partial charge in [0.15, 0.2) is 6.17 Å². The SMILES string of the molecule is COc1ccc(CN2c3c(C(=O)O)ccc(OC)c3NC2C(F)(F)F)cc1. The summed E-state index contributed by atoms with van der Waals surface area (Å²) in [5, 5.41) is 11.8.